The number of aromatic nitrogens is 4. The molecule has 0 spiro atoms. The van der Waals surface area contributed by atoms with Crippen molar-refractivity contribution in [1.29, 1.82) is 0 Å². The van der Waals surface area contributed by atoms with Crippen LogP contribution in [0.3, 0.4) is 0 Å². The van der Waals surface area contributed by atoms with Crippen molar-refractivity contribution >= 4 is 11.9 Å². The van der Waals surface area contributed by atoms with Crippen molar-refractivity contribution in [3.63, 3.8) is 0 Å². The molecule has 0 saturated carbocycles. The van der Waals surface area contributed by atoms with Crippen LogP contribution in [0.4, 0.5) is 11.9 Å². The summed E-state index contributed by atoms with van der Waals surface area (Å²) in [5.41, 5.74) is 1.98. The lowest BCUT2D eigenvalue weighted by Gasteiger charge is -2.16. The van der Waals surface area contributed by atoms with Crippen LogP contribution >= 0.6 is 0 Å². The number of ether oxygens (including phenoxy) is 1. The number of hydrogen-bond donors (Lipinski definition) is 2. The normalized spacial score (nSPS) is 19.9. The molecule has 2 saturated heterocycles. The van der Waals surface area contributed by atoms with Gasteiger partial charge >= 0.3 is 0 Å². The minimum atomic E-state index is -0.201. The summed E-state index contributed by atoms with van der Waals surface area (Å²) < 4.78 is 5.59. The monoisotopic (exact) mass is 356 g/mol. The molecule has 2 aromatic rings. The van der Waals surface area contributed by atoms with E-state index in [0.717, 1.165) is 49.7 Å². The highest BCUT2D eigenvalue weighted by molar-refractivity contribution is 5.62. The second kappa shape index (κ2) is 7.41. The van der Waals surface area contributed by atoms with Crippen molar-refractivity contribution in [2.24, 2.45) is 0 Å². The third-order valence-electron chi connectivity index (χ3n) is 4.89. The van der Waals surface area contributed by atoms with E-state index in [-0.39, 0.29) is 11.7 Å². The first-order valence-electron chi connectivity index (χ1n) is 9.25. The number of anilines is 2. The minimum absolute atomic E-state index is 0.175. The lowest BCUT2D eigenvalue weighted by Crippen LogP contribution is -2.22. The molecule has 2 aromatic heterocycles. The highest BCUT2D eigenvalue weighted by Gasteiger charge is 2.18. The van der Waals surface area contributed by atoms with Gasteiger partial charge in [-0.25, -0.2) is 15.0 Å². The van der Waals surface area contributed by atoms with Crippen LogP contribution in [0, 0.1) is 6.92 Å². The zero-order valence-electron chi connectivity index (χ0n) is 15.0. The lowest BCUT2D eigenvalue weighted by molar-refractivity contribution is 0.120. The Morgan fingerprint density at radius 1 is 1.31 bits per heavy atom. The van der Waals surface area contributed by atoms with Gasteiger partial charge in [-0.2, -0.15) is 0 Å². The Kier molecular flexibility index (Phi) is 4.83. The summed E-state index contributed by atoms with van der Waals surface area (Å²) in [6, 6.07) is 1.48. The first-order chi connectivity index (χ1) is 12.7. The third kappa shape index (κ3) is 3.70. The van der Waals surface area contributed by atoms with Crippen LogP contribution in [0.15, 0.2) is 17.1 Å². The van der Waals surface area contributed by atoms with E-state index in [2.05, 4.69) is 30.2 Å². The number of aryl methyl sites for hydroxylation is 1. The van der Waals surface area contributed by atoms with Gasteiger partial charge in [0.25, 0.3) is 5.56 Å². The first kappa shape index (κ1) is 17.0. The van der Waals surface area contributed by atoms with Crippen LogP contribution < -0.4 is 15.8 Å². The van der Waals surface area contributed by atoms with Crippen molar-refractivity contribution in [3.8, 4) is 11.3 Å². The van der Waals surface area contributed by atoms with Gasteiger partial charge in [0.05, 0.1) is 17.5 Å². The zero-order valence-corrected chi connectivity index (χ0v) is 15.0. The number of hydrogen-bond acceptors (Lipinski definition) is 7. The molecule has 1 atom stereocenters. The molecule has 2 fully saturated rings. The lowest BCUT2D eigenvalue weighted by atomic mass is 10.2. The van der Waals surface area contributed by atoms with Gasteiger partial charge in [-0.1, -0.05) is 0 Å². The fourth-order valence-electron chi connectivity index (χ4n) is 3.47. The second-order valence-corrected chi connectivity index (χ2v) is 6.86. The van der Waals surface area contributed by atoms with Crippen LogP contribution in [0.5, 0.6) is 0 Å². The molecule has 138 valence electrons. The zero-order chi connectivity index (χ0) is 17.9. The first-order valence-corrected chi connectivity index (χ1v) is 9.25. The Balaban J connectivity index is 1.55. The summed E-state index contributed by atoms with van der Waals surface area (Å²) >= 11 is 0. The SMILES string of the molecule is Cc1nc(N2CCCC2)ncc1-c1cc(=O)[nH]c(NC[C@H]2CCCO2)n1. The topological polar surface area (TPSA) is 96.0 Å². The second-order valence-electron chi connectivity index (χ2n) is 6.86. The van der Waals surface area contributed by atoms with E-state index in [1.54, 1.807) is 6.20 Å². The van der Waals surface area contributed by atoms with Crippen molar-refractivity contribution in [2.45, 2.75) is 38.7 Å². The standard InChI is InChI=1S/C18H24N6O2/c1-12-14(11-20-18(21-12)24-6-2-3-7-24)15-9-16(25)23-17(22-15)19-10-13-5-4-8-26-13/h9,11,13H,2-8,10H2,1H3,(H2,19,22,23,25)/t13-/m1/s1. The average molecular weight is 356 g/mol. The molecule has 26 heavy (non-hydrogen) atoms. The molecule has 4 rings (SSSR count). The quantitative estimate of drug-likeness (QED) is 0.842. The number of H-pyrrole nitrogens is 1. The molecular formula is C18H24N6O2. The molecule has 0 amide bonds. The maximum Gasteiger partial charge on any atom is 0.252 e. The molecule has 2 aliphatic heterocycles. The van der Waals surface area contributed by atoms with Gasteiger partial charge in [-0.15, -0.1) is 0 Å². The average Bonchev–Trinajstić information content (AvgIpc) is 3.33. The van der Waals surface area contributed by atoms with E-state index >= 15 is 0 Å². The maximum absolute atomic E-state index is 12.1. The van der Waals surface area contributed by atoms with E-state index in [0.29, 0.717) is 18.2 Å². The maximum atomic E-state index is 12.1. The van der Waals surface area contributed by atoms with Gasteiger partial charge in [-0.05, 0) is 32.6 Å². The molecule has 0 radical (unpaired) electrons. The van der Waals surface area contributed by atoms with Gasteiger partial charge in [0.2, 0.25) is 11.9 Å². The Morgan fingerprint density at radius 3 is 2.88 bits per heavy atom. The Hall–Kier alpha value is -2.48. The minimum Gasteiger partial charge on any atom is -0.376 e. The summed E-state index contributed by atoms with van der Waals surface area (Å²) in [6.07, 6.45) is 6.41. The van der Waals surface area contributed by atoms with E-state index in [1.807, 2.05) is 6.92 Å². The van der Waals surface area contributed by atoms with Gasteiger partial charge in [0.1, 0.15) is 0 Å². The number of aromatic amines is 1. The predicted molar refractivity (Wildman–Crippen MR) is 99.5 cm³/mol. The molecular weight excluding hydrogens is 332 g/mol. The van der Waals surface area contributed by atoms with E-state index in [9.17, 15) is 4.79 Å². The number of rotatable bonds is 5. The Bertz CT molecular complexity index is 825. The molecule has 2 N–H and O–H groups in total. The van der Waals surface area contributed by atoms with Crippen LogP contribution in [-0.4, -0.2) is 52.3 Å². The fourth-order valence-corrected chi connectivity index (χ4v) is 3.47. The predicted octanol–water partition coefficient (Wildman–Crippen LogP) is 1.73. The molecule has 8 heteroatoms. The van der Waals surface area contributed by atoms with Gasteiger partial charge in [-0.3, -0.25) is 9.78 Å². The van der Waals surface area contributed by atoms with Crippen molar-refractivity contribution in [2.75, 3.05) is 36.5 Å². The van der Waals surface area contributed by atoms with Crippen LogP contribution in [0.1, 0.15) is 31.4 Å². The van der Waals surface area contributed by atoms with Gasteiger partial charge in [0, 0.05) is 44.1 Å². The summed E-state index contributed by atoms with van der Waals surface area (Å²) in [5.74, 6) is 1.20. The third-order valence-corrected chi connectivity index (χ3v) is 4.89. The van der Waals surface area contributed by atoms with Crippen molar-refractivity contribution in [3.05, 3.63) is 28.3 Å². The highest BCUT2D eigenvalue weighted by Crippen LogP contribution is 2.23. The highest BCUT2D eigenvalue weighted by atomic mass is 16.5. The number of nitrogens with one attached hydrogen (secondary N) is 2. The molecule has 4 heterocycles. The van der Waals surface area contributed by atoms with Crippen molar-refractivity contribution < 1.29 is 4.74 Å². The summed E-state index contributed by atoms with van der Waals surface area (Å²) in [5, 5.41) is 3.17. The summed E-state index contributed by atoms with van der Waals surface area (Å²) in [4.78, 5) is 30.6. The summed E-state index contributed by atoms with van der Waals surface area (Å²) in [7, 11) is 0. The van der Waals surface area contributed by atoms with Gasteiger partial charge < -0.3 is 15.0 Å². The fraction of sp³-hybridized carbons (Fsp3) is 0.556. The van der Waals surface area contributed by atoms with E-state index in [4.69, 9.17) is 4.74 Å². The molecule has 0 aliphatic carbocycles. The molecule has 2 aliphatic rings. The van der Waals surface area contributed by atoms with E-state index in [1.165, 1.54) is 18.9 Å². The molecule has 8 nitrogen and oxygen atoms in total. The largest absolute Gasteiger partial charge is 0.376 e. The Morgan fingerprint density at radius 2 is 2.15 bits per heavy atom. The molecule has 0 bridgehead atoms. The molecule has 0 unspecified atom stereocenters. The van der Waals surface area contributed by atoms with Gasteiger partial charge in [0.15, 0.2) is 0 Å². The molecule has 0 aromatic carbocycles. The summed E-state index contributed by atoms with van der Waals surface area (Å²) in [6.45, 7) is 5.36. The Labute approximate surface area is 152 Å². The van der Waals surface area contributed by atoms with E-state index < -0.39 is 0 Å². The number of nitrogens with zero attached hydrogens (tertiary/aromatic N) is 4. The van der Waals surface area contributed by atoms with Crippen LogP contribution in [0.25, 0.3) is 11.3 Å². The van der Waals surface area contributed by atoms with Crippen molar-refractivity contribution in [1.82, 2.24) is 19.9 Å². The van der Waals surface area contributed by atoms with Crippen LogP contribution in [0.2, 0.25) is 0 Å². The smallest absolute Gasteiger partial charge is 0.252 e. The van der Waals surface area contributed by atoms with Crippen LogP contribution in [-0.2, 0) is 4.74 Å².